The van der Waals surface area contributed by atoms with Gasteiger partial charge in [0, 0.05) is 23.6 Å². The van der Waals surface area contributed by atoms with E-state index < -0.39 is 0 Å². The fraction of sp³-hybridized carbons (Fsp3) is 0.308. The van der Waals surface area contributed by atoms with Crippen LogP contribution in [-0.2, 0) is 0 Å². The molecule has 1 aromatic heterocycles. The Hall–Kier alpha value is -2.89. The lowest BCUT2D eigenvalue weighted by atomic mass is 9.99. The van der Waals surface area contributed by atoms with E-state index in [1.807, 2.05) is 24.3 Å². The van der Waals surface area contributed by atoms with Crippen molar-refractivity contribution in [1.29, 1.82) is 0 Å². The van der Waals surface area contributed by atoms with Gasteiger partial charge in [0.1, 0.15) is 5.75 Å². The summed E-state index contributed by atoms with van der Waals surface area (Å²) >= 11 is 0. The molecule has 0 spiro atoms. The summed E-state index contributed by atoms with van der Waals surface area (Å²) in [6.45, 7) is 2.25. The molecule has 32 heavy (non-hydrogen) atoms. The first-order valence-corrected chi connectivity index (χ1v) is 10.9. The summed E-state index contributed by atoms with van der Waals surface area (Å²) in [5, 5.41) is 10.6. The number of aromatic nitrogens is 2. The number of benzene rings is 3. The van der Waals surface area contributed by atoms with Crippen molar-refractivity contribution < 1.29 is 9.26 Å². The fourth-order valence-corrected chi connectivity index (χ4v) is 4.69. The molecule has 0 radical (unpaired) electrons. The molecular weight excluding hydrogens is 422 g/mol. The molecule has 166 valence electrons. The van der Waals surface area contributed by atoms with Gasteiger partial charge in [-0.2, -0.15) is 4.98 Å². The summed E-state index contributed by atoms with van der Waals surface area (Å²) in [6.07, 6.45) is 3.18. The topological polar surface area (TPSA) is 60.2 Å². The van der Waals surface area contributed by atoms with E-state index in [0.717, 1.165) is 36.5 Å². The molecule has 1 N–H and O–H groups in total. The highest BCUT2D eigenvalue weighted by atomic mass is 35.5. The fourth-order valence-electron chi connectivity index (χ4n) is 4.69. The van der Waals surface area contributed by atoms with E-state index in [4.69, 9.17) is 9.26 Å². The number of fused-ring (bicyclic) bond motifs is 1. The first-order chi connectivity index (χ1) is 15.2. The predicted molar refractivity (Wildman–Crippen MR) is 129 cm³/mol. The van der Waals surface area contributed by atoms with Crippen LogP contribution in [0.4, 0.5) is 0 Å². The number of nitrogens with one attached hydrogen (secondary N) is 1. The third-order valence-corrected chi connectivity index (χ3v) is 6.35. The molecule has 0 aliphatic heterocycles. The van der Waals surface area contributed by atoms with E-state index in [-0.39, 0.29) is 18.4 Å². The molecule has 1 saturated carbocycles. The zero-order valence-electron chi connectivity index (χ0n) is 18.3. The molecule has 0 saturated heterocycles. The number of hydrogen-bond donors (Lipinski definition) is 1. The molecule has 1 fully saturated rings. The lowest BCUT2D eigenvalue weighted by Crippen LogP contribution is -2.29. The maximum atomic E-state index is 5.64. The van der Waals surface area contributed by atoms with Crippen molar-refractivity contribution in [2.45, 2.75) is 44.2 Å². The third-order valence-electron chi connectivity index (χ3n) is 6.35. The molecule has 1 heterocycles. The van der Waals surface area contributed by atoms with Crippen LogP contribution in [0.3, 0.4) is 0 Å². The van der Waals surface area contributed by atoms with E-state index >= 15 is 0 Å². The van der Waals surface area contributed by atoms with Gasteiger partial charge in [0.25, 0.3) is 0 Å². The van der Waals surface area contributed by atoms with E-state index in [1.165, 1.54) is 16.3 Å². The minimum Gasteiger partial charge on any atom is -0.497 e. The van der Waals surface area contributed by atoms with E-state index in [9.17, 15) is 0 Å². The molecular formula is C26H28ClN3O2. The van der Waals surface area contributed by atoms with E-state index in [1.54, 1.807) is 7.11 Å². The molecule has 0 bridgehead atoms. The van der Waals surface area contributed by atoms with Gasteiger partial charge in [0.05, 0.1) is 7.11 Å². The monoisotopic (exact) mass is 449 g/mol. The maximum absolute atomic E-state index is 5.64. The van der Waals surface area contributed by atoms with Crippen LogP contribution >= 0.6 is 12.4 Å². The van der Waals surface area contributed by atoms with Crippen molar-refractivity contribution in [2.75, 3.05) is 7.11 Å². The smallest absolute Gasteiger partial charge is 0.230 e. The van der Waals surface area contributed by atoms with Gasteiger partial charge in [-0.15, -0.1) is 12.4 Å². The van der Waals surface area contributed by atoms with E-state index in [0.29, 0.717) is 17.8 Å². The van der Waals surface area contributed by atoms with Crippen molar-refractivity contribution in [2.24, 2.45) is 0 Å². The zero-order chi connectivity index (χ0) is 21.2. The number of hydrogen-bond acceptors (Lipinski definition) is 5. The Morgan fingerprint density at radius 1 is 1.00 bits per heavy atom. The van der Waals surface area contributed by atoms with Gasteiger partial charge < -0.3 is 14.6 Å². The number of rotatable bonds is 6. The van der Waals surface area contributed by atoms with Gasteiger partial charge in [0.15, 0.2) is 0 Å². The van der Waals surface area contributed by atoms with Crippen LogP contribution in [0.5, 0.6) is 5.75 Å². The minimum absolute atomic E-state index is 0. The van der Waals surface area contributed by atoms with Crippen LogP contribution in [-0.4, -0.2) is 23.3 Å². The van der Waals surface area contributed by atoms with Gasteiger partial charge in [-0.3, -0.25) is 0 Å². The van der Waals surface area contributed by atoms with Crippen LogP contribution in [0.25, 0.3) is 22.2 Å². The molecule has 3 aromatic carbocycles. The Morgan fingerprint density at radius 3 is 2.59 bits per heavy atom. The Labute approximate surface area is 194 Å². The van der Waals surface area contributed by atoms with Crippen LogP contribution < -0.4 is 10.1 Å². The molecule has 5 rings (SSSR count). The van der Waals surface area contributed by atoms with Gasteiger partial charge >= 0.3 is 0 Å². The largest absolute Gasteiger partial charge is 0.497 e. The normalized spacial score (nSPS) is 18.9. The highest BCUT2D eigenvalue weighted by Gasteiger charge is 2.31. The summed E-state index contributed by atoms with van der Waals surface area (Å²) in [6, 6.07) is 23.6. The van der Waals surface area contributed by atoms with Crippen molar-refractivity contribution >= 4 is 23.2 Å². The molecule has 1 aliphatic carbocycles. The lowest BCUT2D eigenvalue weighted by Gasteiger charge is -2.21. The van der Waals surface area contributed by atoms with Gasteiger partial charge in [-0.25, -0.2) is 0 Å². The molecule has 1 aliphatic rings. The molecule has 4 aromatic rings. The maximum Gasteiger partial charge on any atom is 0.230 e. The number of methoxy groups -OCH3 is 1. The van der Waals surface area contributed by atoms with Gasteiger partial charge in [-0.1, -0.05) is 47.6 Å². The second kappa shape index (κ2) is 9.72. The van der Waals surface area contributed by atoms with Crippen molar-refractivity contribution in [3.63, 3.8) is 0 Å². The number of halogens is 1. The lowest BCUT2D eigenvalue weighted by molar-refractivity contribution is 0.350. The number of ether oxygens (including phenoxy) is 1. The average Bonchev–Trinajstić information content (AvgIpc) is 3.48. The highest BCUT2D eigenvalue weighted by Crippen LogP contribution is 2.36. The second-order valence-electron chi connectivity index (χ2n) is 8.35. The molecule has 6 heteroatoms. The highest BCUT2D eigenvalue weighted by molar-refractivity contribution is 5.86. The third kappa shape index (κ3) is 4.50. The Morgan fingerprint density at radius 2 is 1.78 bits per heavy atom. The van der Waals surface area contributed by atoms with E-state index in [2.05, 4.69) is 64.8 Å². The predicted octanol–water partition coefficient (Wildman–Crippen LogP) is 6.31. The Balaban J connectivity index is 0.00000245. The van der Waals surface area contributed by atoms with Crippen molar-refractivity contribution in [3.05, 3.63) is 78.2 Å². The second-order valence-corrected chi connectivity index (χ2v) is 8.35. The number of nitrogens with zero attached hydrogens (tertiary/aromatic N) is 2. The molecule has 5 nitrogen and oxygen atoms in total. The summed E-state index contributed by atoms with van der Waals surface area (Å²) in [5.74, 6) is 2.50. The molecule has 0 amide bonds. The van der Waals surface area contributed by atoms with Gasteiger partial charge in [0.2, 0.25) is 11.7 Å². The SMILES string of the molecule is COc1ccc(-c2noc(C3CCC(N[C@H](C)c4cccc5ccccc45)C3)n2)cc1.Cl. The first-order valence-electron chi connectivity index (χ1n) is 10.9. The summed E-state index contributed by atoms with van der Waals surface area (Å²) in [5.41, 5.74) is 2.29. The average molecular weight is 450 g/mol. The summed E-state index contributed by atoms with van der Waals surface area (Å²) < 4.78 is 10.9. The van der Waals surface area contributed by atoms with Crippen molar-refractivity contribution in [3.8, 4) is 17.1 Å². The summed E-state index contributed by atoms with van der Waals surface area (Å²) in [4.78, 5) is 4.68. The Kier molecular flexibility index (Phi) is 6.77. The van der Waals surface area contributed by atoms with Gasteiger partial charge in [-0.05, 0) is 66.8 Å². The van der Waals surface area contributed by atoms with Crippen LogP contribution in [0, 0.1) is 0 Å². The first kappa shape index (κ1) is 22.3. The standard InChI is InChI=1S/C26H27N3O2.ClH/c1-17(23-9-5-7-18-6-3-4-8-24(18)23)27-21-13-10-20(16-21)26-28-25(29-31-26)19-11-14-22(30-2)15-12-19;/h3-9,11-12,14-15,17,20-21,27H,10,13,16H2,1-2H3;1H/t17-,20?,21?;/m1./s1. The molecule has 2 unspecified atom stereocenters. The van der Waals surface area contributed by atoms with Crippen molar-refractivity contribution in [1.82, 2.24) is 15.5 Å². The summed E-state index contributed by atoms with van der Waals surface area (Å²) in [7, 11) is 1.66. The molecule has 3 atom stereocenters. The minimum atomic E-state index is 0. The van der Waals surface area contributed by atoms with Crippen LogP contribution in [0.2, 0.25) is 0 Å². The Bertz CT molecular complexity index is 1170. The van der Waals surface area contributed by atoms with Crippen LogP contribution in [0.15, 0.2) is 71.3 Å². The quantitative estimate of drug-likeness (QED) is 0.374. The van der Waals surface area contributed by atoms with Crippen LogP contribution in [0.1, 0.15) is 49.6 Å². The zero-order valence-corrected chi connectivity index (χ0v) is 19.1.